The van der Waals surface area contributed by atoms with Crippen molar-refractivity contribution in [1.29, 1.82) is 0 Å². The summed E-state index contributed by atoms with van der Waals surface area (Å²) in [5.41, 5.74) is 7.82. The van der Waals surface area contributed by atoms with Crippen LogP contribution in [0.15, 0.2) is 126 Å². The van der Waals surface area contributed by atoms with Crippen LogP contribution in [0.1, 0.15) is 29.1 Å². The fraction of sp³-hybridized carbons (Fsp3) is 0.182. The average molecular weight is 851 g/mol. The van der Waals surface area contributed by atoms with Gasteiger partial charge in [-0.2, -0.15) is 0 Å². The molecule has 8 aromatic rings. The zero-order chi connectivity index (χ0) is 36.6. The second-order valence-electron chi connectivity index (χ2n) is 13.9. The number of fused-ring (bicyclic) bond motifs is 3. The maximum absolute atomic E-state index is 7.79. The molecule has 3 heterocycles. The van der Waals surface area contributed by atoms with Crippen molar-refractivity contribution in [3.63, 3.8) is 0 Å². The van der Waals surface area contributed by atoms with Crippen LogP contribution in [0, 0.1) is 25.1 Å². The predicted octanol–water partition coefficient (Wildman–Crippen LogP) is 11.0. The van der Waals surface area contributed by atoms with Gasteiger partial charge in [0.05, 0.1) is 24.9 Å². The Bertz CT molecular complexity index is 2520. The minimum Gasteiger partial charge on any atom is -0.557 e. The molecular weight excluding hydrogens is 807 g/mol. The van der Waals surface area contributed by atoms with E-state index in [2.05, 4.69) is 104 Å². The quantitative estimate of drug-likeness (QED) is 0.124. The second-order valence-corrected chi connectivity index (χ2v) is 19.0. The molecule has 8 rings (SSSR count). The third kappa shape index (κ3) is 7.29. The van der Waals surface area contributed by atoms with Gasteiger partial charge in [-0.15, -0.1) is 35.9 Å². The first-order valence-electron chi connectivity index (χ1n) is 18.2. The van der Waals surface area contributed by atoms with Crippen LogP contribution in [0.2, 0.25) is 19.6 Å². The van der Waals surface area contributed by atoms with Crippen LogP contribution in [-0.4, -0.2) is 22.6 Å². The molecule has 0 amide bonds. The van der Waals surface area contributed by atoms with Crippen LogP contribution in [0.4, 0.5) is 0 Å². The molecule has 6 heteroatoms. The number of hydrogen-bond acceptors (Lipinski definition) is 3. The van der Waals surface area contributed by atoms with E-state index in [0.717, 1.165) is 45.2 Å². The van der Waals surface area contributed by atoms with Crippen LogP contribution in [0.3, 0.4) is 0 Å². The third-order valence-electron chi connectivity index (χ3n) is 8.70. The molecule has 0 atom stereocenters. The number of aromatic nitrogens is 3. The van der Waals surface area contributed by atoms with Gasteiger partial charge >= 0.3 is 0 Å². The largest absolute Gasteiger partial charge is 0.557 e. The molecule has 0 spiro atoms. The number of hydrogen-bond donors (Lipinski definition) is 0. The van der Waals surface area contributed by atoms with Crippen molar-refractivity contribution in [2.45, 2.75) is 46.8 Å². The number of rotatable bonds is 6. The summed E-state index contributed by atoms with van der Waals surface area (Å²) in [5, 5.41) is 4.45. The second kappa shape index (κ2) is 14.7. The van der Waals surface area contributed by atoms with Gasteiger partial charge in [0.1, 0.15) is 0 Å². The first-order chi connectivity index (χ1) is 24.9. The number of para-hydroxylation sites is 2. The molecule has 0 fully saturated rings. The monoisotopic (exact) mass is 851 g/mol. The zero-order valence-electron chi connectivity index (χ0n) is 31.9. The number of benzene rings is 5. The Hall–Kier alpha value is -4.61. The van der Waals surface area contributed by atoms with Crippen molar-refractivity contribution in [2.24, 2.45) is 5.92 Å². The molecule has 3 aromatic heterocycles. The number of nitrogens with zero attached hydrogens (tertiary/aromatic N) is 3. The molecular formula is C44H41IrN3OSi-2. The zero-order valence-corrected chi connectivity index (χ0v) is 32.3. The van der Waals surface area contributed by atoms with Crippen molar-refractivity contribution < 1.29 is 28.6 Å². The Morgan fingerprint density at radius 1 is 0.860 bits per heavy atom. The Morgan fingerprint density at radius 2 is 1.64 bits per heavy atom. The Balaban J connectivity index is 0.000000199. The fourth-order valence-corrected chi connectivity index (χ4v) is 7.98. The summed E-state index contributed by atoms with van der Waals surface area (Å²) in [4.78, 5) is 9.57. The number of pyridine rings is 1. The summed E-state index contributed by atoms with van der Waals surface area (Å²) >= 11 is 0. The van der Waals surface area contributed by atoms with Gasteiger partial charge in [-0.05, 0) is 65.1 Å². The van der Waals surface area contributed by atoms with Crippen molar-refractivity contribution in [3.05, 3.63) is 145 Å². The fourth-order valence-electron chi connectivity index (χ4n) is 6.39. The van der Waals surface area contributed by atoms with E-state index in [0.29, 0.717) is 28.3 Å². The maximum atomic E-state index is 7.79. The summed E-state index contributed by atoms with van der Waals surface area (Å²) in [5.74, 6) is 1.32. The molecule has 0 bridgehead atoms. The van der Waals surface area contributed by atoms with Crippen molar-refractivity contribution in [2.75, 3.05) is 0 Å². The van der Waals surface area contributed by atoms with E-state index < -0.39 is 14.9 Å². The molecule has 0 saturated heterocycles. The van der Waals surface area contributed by atoms with Crippen molar-refractivity contribution in [3.8, 4) is 28.3 Å². The molecule has 0 aliphatic carbocycles. The third-order valence-corrected chi connectivity index (χ3v) is 10.8. The van der Waals surface area contributed by atoms with E-state index in [1.807, 2.05) is 54.6 Å². The molecule has 0 saturated carbocycles. The van der Waals surface area contributed by atoms with Crippen LogP contribution in [0.25, 0.3) is 61.1 Å². The SMILES string of the molecule is CC(C)Cc1cc(-c2[c-]cccc2)ncc1[Si](C)(C)C.[2H]C([2H])([2H])c1ccc2o[c-]c(-c3nc4ccccc4n3-c3ccc4ccccc4c3)c2c1.[Ir]. The van der Waals surface area contributed by atoms with E-state index in [1.54, 1.807) is 18.2 Å². The molecule has 0 aliphatic rings. The molecule has 0 N–H and O–H groups in total. The van der Waals surface area contributed by atoms with Gasteiger partial charge in [0.25, 0.3) is 0 Å². The number of furan rings is 1. The van der Waals surface area contributed by atoms with E-state index in [1.165, 1.54) is 10.8 Å². The summed E-state index contributed by atoms with van der Waals surface area (Å²) in [6.07, 6.45) is 6.21. The average Bonchev–Trinajstić information content (AvgIpc) is 3.72. The van der Waals surface area contributed by atoms with E-state index in [-0.39, 0.29) is 25.7 Å². The molecule has 5 aromatic carbocycles. The van der Waals surface area contributed by atoms with Crippen molar-refractivity contribution in [1.82, 2.24) is 14.5 Å². The van der Waals surface area contributed by atoms with Gasteiger partial charge in [-0.25, -0.2) is 0 Å². The molecule has 1 radical (unpaired) electrons. The normalized spacial score (nSPS) is 12.6. The molecule has 4 nitrogen and oxygen atoms in total. The van der Waals surface area contributed by atoms with Crippen LogP contribution < -0.4 is 5.19 Å². The topological polar surface area (TPSA) is 43.9 Å². The maximum Gasteiger partial charge on any atom is 0.0798 e. The molecule has 253 valence electrons. The minimum absolute atomic E-state index is 0. The smallest absolute Gasteiger partial charge is 0.0798 e. The Labute approximate surface area is 313 Å². The van der Waals surface area contributed by atoms with Gasteiger partial charge in [0.15, 0.2) is 0 Å². The van der Waals surface area contributed by atoms with Gasteiger partial charge < -0.3 is 14.0 Å². The van der Waals surface area contributed by atoms with E-state index >= 15 is 0 Å². The first kappa shape index (κ1) is 31.4. The predicted molar refractivity (Wildman–Crippen MR) is 207 cm³/mol. The van der Waals surface area contributed by atoms with Gasteiger partial charge in [0, 0.05) is 47.9 Å². The first-order valence-corrected chi connectivity index (χ1v) is 20.2. The van der Waals surface area contributed by atoms with Gasteiger partial charge in [0.2, 0.25) is 0 Å². The summed E-state index contributed by atoms with van der Waals surface area (Å²) < 4.78 is 31.1. The van der Waals surface area contributed by atoms with Gasteiger partial charge in [-0.1, -0.05) is 122 Å². The summed E-state index contributed by atoms with van der Waals surface area (Å²) in [6, 6.07) is 40.9. The number of aryl methyl sites for hydroxylation is 1. The molecule has 50 heavy (non-hydrogen) atoms. The molecule has 0 unspecified atom stereocenters. The van der Waals surface area contributed by atoms with Crippen LogP contribution in [0.5, 0.6) is 0 Å². The number of imidazole rings is 1. The van der Waals surface area contributed by atoms with Crippen LogP contribution >= 0.6 is 0 Å². The minimum atomic E-state index is -2.21. The van der Waals surface area contributed by atoms with Crippen LogP contribution in [-0.2, 0) is 26.5 Å². The summed E-state index contributed by atoms with van der Waals surface area (Å²) in [6.45, 7) is 9.53. The molecule has 0 aliphatic heterocycles. The van der Waals surface area contributed by atoms with E-state index in [4.69, 9.17) is 13.5 Å². The summed E-state index contributed by atoms with van der Waals surface area (Å²) in [7, 11) is -1.34. The Kier molecular flexibility index (Phi) is 9.22. The Morgan fingerprint density at radius 3 is 2.40 bits per heavy atom. The van der Waals surface area contributed by atoms with Gasteiger partial charge in [-0.3, -0.25) is 4.98 Å². The van der Waals surface area contributed by atoms with Crippen molar-refractivity contribution >= 4 is 46.0 Å². The standard InChI is InChI=1S/C26H17N2O.C18H24NSi.Ir/c1-17-10-13-25-21(14-17)22(16-29-25)26-27-23-8-4-5-9-24(23)28(26)20-12-11-18-6-2-3-7-19(18)15-20;1-14(2)11-16-12-17(15-9-7-6-8-10-15)19-13-18(16)20(3,4)5;/h2-15H,1H3;6-9,12-14H,11H2,1-5H3;/q2*-1;/i1D3;;. The van der Waals surface area contributed by atoms with E-state index in [9.17, 15) is 0 Å².